The molecule has 0 aromatic rings. The van der Waals surface area contributed by atoms with E-state index in [9.17, 15) is 14.4 Å². The lowest BCUT2D eigenvalue weighted by molar-refractivity contribution is -0.167. The van der Waals surface area contributed by atoms with Gasteiger partial charge in [-0.15, -0.1) is 0 Å². The Hall–Kier alpha value is -2.89. The van der Waals surface area contributed by atoms with Crippen LogP contribution in [0, 0.1) is 0 Å². The molecule has 0 aliphatic heterocycles. The maximum absolute atomic E-state index is 12.8. The molecule has 6 nitrogen and oxygen atoms in total. The standard InChI is InChI=1S/C60H106O6/c1-4-7-10-13-16-19-22-24-26-28-30-32-33-35-38-41-44-47-50-53-59(62)65-56-57(55-64-58(61)52-49-46-43-40-37-21-18-15-12-9-6-3)66-60(63)54-51-48-45-42-39-36-34-31-29-27-25-23-20-17-14-11-8-5-2/h15,18,21,27-31,34,37,57H,4-14,16-17,19-20,22-26,32-33,35-36,38-56H2,1-3H3/b18-15-,29-27-,30-28-,34-31-,37-21-. The van der Waals surface area contributed by atoms with Crippen LogP contribution in [-0.2, 0) is 28.6 Å². The van der Waals surface area contributed by atoms with Gasteiger partial charge in [0.1, 0.15) is 13.2 Å². The van der Waals surface area contributed by atoms with Crippen LogP contribution in [0.4, 0.5) is 0 Å². The molecular weight excluding hydrogens is 817 g/mol. The van der Waals surface area contributed by atoms with Crippen LogP contribution in [0.15, 0.2) is 60.8 Å². The number of allylic oxidation sites excluding steroid dienone is 10. The van der Waals surface area contributed by atoms with Gasteiger partial charge in [-0.3, -0.25) is 14.4 Å². The summed E-state index contributed by atoms with van der Waals surface area (Å²) < 4.78 is 16.8. The molecule has 382 valence electrons. The lowest BCUT2D eigenvalue weighted by Gasteiger charge is -2.18. The van der Waals surface area contributed by atoms with Gasteiger partial charge in [-0.1, -0.05) is 236 Å². The molecule has 0 saturated heterocycles. The van der Waals surface area contributed by atoms with Gasteiger partial charge in [0.05, 0.1) is 0 Å². The molecule has 0 aliphatic carbocycles. The third-order valence-electron chi connectivity index (χ3n) is 12.3. The fourth-order valence-corrected chi connectivity index (χ4v) is 7.93. The minimum absolute atomic E-state index is 0.0908. The SMILES string of the molecule is CCCC/C=C\C=C/CCCCCC(=O)OCC(COC(=O)CCCCCCCCC/C=C\CCCCCCCCCC)OC(=O)CCCCCCC/C=C\C=C/CCCCCCCCC. The van der Waals surface area contributed by atoms with Gasteiger partial charge in [-0.05, 0) is 89.9 Å². The normalized spacial score (nSPS) is 12.5. The number of hydrogen-bond acceptors (Lipinski definition) is 6. The number of unbranched alkanes of at least 4 members (excludes halogenated alkanes) is 32. The number of esters is 3. The fraction of sp³-hybridized carbons (Fsp3) is 0.783. The first kappa shape index (κ1) is 63.1. The van der Waals surface area contributed by atoms with Gasteiger partial charge in [-0.25, -0.2) is 0 Å². The maximum atomic E-state index is 12.8. The monoisotopic (exact) mass is 923 g/mol. The van der Waals surface area contributed by atoms with E-state index in [4.69, 9.17) is 14.2 Å². The van der Waals surface area contributed by atoms with E-state index in [1.807, 2.05) is 0 Å². The van der Waals surface area contributed by atoms with Crippen molar-refractivity contribution in [3.8, 4) is 0 Å². The average molecular weight is 924 g/mol. The first-order valence-electron chi connectivity index (χ1n) is 28.3. The topological polar surface area (TPSA) is 78.9 Å². The Bertz CT molecular complexity index is 1200. The Morgan fingerprint density at radius 2 is 0.561 bits per heavy atom. The Morgan fingerprint density at radius 1 is 0.303 bits per heavy atom. The Morgan fingerprint density at radius 3 is 0.909 bits per heavy atom. The molecule has 0 saturated carbocycles. The summed E-state index contributed by atoms with van der Waals surface area (Å²) in [5.41, 5.74) is 0. The van der Waals surface area contributed by atoms with Gasteiger partial charge in [0.2, 0.25) is 0 Å². The molecule has 0 radical (unpaired) electrons. The Labute approximate surface area is 409 Å². The second-order valence-corrected chi connectivity index (χ2v) is 18.9. The van der Waals surface area contributed by atoms with Crippen molar-refractivity contribution in [2.75, 3.05) is 13.2 Å². The molecule has 6 heteroatoms. The van der Waals surface area contributed by atoms with Crippen LogP contribution in [0.5, 0.6) is 0 Å². The number of ether oxygens (including phenoxy) is 3. The minimum atomic E-state index is -0.794. The first-order chi connectivity index (χ1) is 32.5. The van der Waals surface area contributed by atoms with E-state index in [2.05, 4.69) is 81.5 Å². The van der Waals surface area contributed by atoms with Crippen LogP contribution in [0.2, 0.25) is 0 Å². The van der Waals surface area contributed by atoms with Crippen molar-refractivity contribution in [3.63, 3.8) is 0 Å². The lowest BCUT2D eigenvalue weighted by Crippen LogP contribution is -2.30. The van der Waals surface area contributed by atoms with Gasteiger partial charge in [0.15, 0.2) is 6.10 Å². The Balaban J connectivity index is 4.38. The predicted octanol–water partition coefficient (Wildman–Crippen LogP) is 18.8. The van der Waals surface area contributed by atoms with Gasteiger partial charge in [-0.2, -0.15) is 0 Å². The van der Waals surface area contributed by atoms with Crippen LogP contribution in [0.25, 0.3) is 0 Å². The van der Waals surface area contributed by atoms with Crippen LogP contribution in [0.3, 0.4) is 0 Å². The number of hydrogen-bond donors (Lipinski definition) is 0. The summed E-state index contributed by atoms with van der Waals surface area (Å²) >= 11 is 0. The van der Waals surface area contributed by atoms with E-state index in [0.29, 0.717) is 19.3 Å². The zero-order chi connectivity index (χ0) is 47.9. The summed E-state index contributed by atoms with van der Waals surface area (Å²) in [5, 5.41) is 0. The smallest absolute Gasteiger partial charge is 0.306 e. The molecule has 0 fully saturated rings. The second kappa shape index (κ2) is 54.7. The molecule has 0 rings (SSSR count). The van der Waals surface area contributed by atoms with E-state index in [0.717, 1.165) is 89.9 Å². The highest BCUT2D eigenvalue weighted by atomic mass is 16.6. The highest BCUT2D eigenvalue weighted by Gasteiger charge is 2.19. The van der Waals surface area contributed by atoms with Crippen molar-refractivity contribution in [1.29, 1.82) is 0 Å². The lowest BCUT2D eigenvalue weighted by atomic mass is 10.1. The Kier molecular flexibility index (Phi) is 52.3. The van der Waals surface area contributed by atoms with Crippen molar-refractivity contribution in [3.05, 3.63) is 60.8 Å². The molecule has 1 atom stereocenters. The highest BCUT2D eigenvalue weighted by molar-refractivity contribution is 5.71. The summed E-state index contributed by atoms with van der Waals surface area (Å²) in [4.78, 5) is 38.0. The third kappa shape index (κ3) is 52.1. The van der Waals surface area contributed by atoms with Gasteiger partial charge in [0.25, 0.3) is 0 Å². The predicted molar refractivity (Wildman–Crippen MR) is 284 cm³/mol. The quantitative estimate of drug-likeness (QED) is 0.0199. The summed E-state index contributed by atoms with van der Waals surface area (Å²) in [6.45, 7) is 6.56. The van der Waals surface area contributed by atoms with E-state index < -0.39 is 6.10 Å². The third-order valence-corrected chi connectivity index (χ3v) is 12.3. The van der Waals surface area contributed by atoms with Gasteiger partial charge < -0.3 is 14.2 Å². The molecule has 0 aliphatic rings. The largest absolute Gasteiger partial charge is 0.462 e. The highest BCUT2D eigenvalue weighted by Crippen LogP contribution is 2.15. The zero-order valence-corrected chi connectivity index (χ0v) is 43.7. The van der Waals surface area contributed by atoms with Crippen molar-refractivity contribution < 1.29 is 28.6 Å². The van der Waals surface area contributed by atoms with Crippen LogP contribution >= 0.6 is 0 Å². The van der Waals surface area contributed by atoms with E-state index in [-0.39, 0.29) is 31.1 Å². The molecule has 0 amide bonds. The summed E-state index contributed by atoms with van der Waals surface area (Å²) in [6, 6.07) is 0. The molecule has 0 aromatic carbocycles. The summed E-state index contributed by atoms with van der Waals surface area (Å²) in [6.07, 6.45) is 67.9. The summed E-state index contributed by atoms with van der Waals surface area (Å²) in [5.74, 6) is -0.931. The van der Waals surface area contributed by atoms with Gasteiger partial charge >= 0.3 is 17.9 Å². The molecule has 0 spiro atoms. The number of rotatable bonds is 51. The van der Waals surface area contributed by atoms with Crippen LogP contribution < -0.4 is 0 Å². The maximum Gasteiger partial charge on any atom is 0.306 e. The average Bonchev–Trinajstić information content (AvgIpc) is 3.31. The molecule has 0 aromatic heterocycles. The molecule has 1 unspecified atom stereocenters. The second-order valence-electron chi connectivity index (χ2n) is 18.9. The molecule has 66 heavy (non-hydrogen) atoms. The van der Waals surface area contributed by atoms with Crippen molar-refractivity contribution in [1.82, 2.24) is 0 Å². The van der Waals surface area contributed by atoms with E-state index in [1.165, 1.54) is 154 Å². The van der Waals surface area contributed by atoms with Crippen LogP contribution in [-0.4, -0.2) is 37.2 Å². The minimum Gasteiger partial charge on any atom is -0.462 e. The van der Waals surface area contributed by atoms with Crippen molar-refractivity contribution >= 4 is 17.9 Å². The number of carbonyl (C=O) groups excluding carboxylic acids is 3. The van der Waals surface area contributed by atoms with E-state index in [1.54, 1.807) is 0 Å². The van der Waals surface area contributed by atoms with Crippen molar-refractivity contribution in [2.45, 2.75) is 290 Å². The molecule has 0 bridgehead atoms. The zero-order valence-electron chi connectivity index (χ0n) is 43.7. The fourth-order valence-electron chi connectivity index (χ4n) is 7.93. The molecule has 0 N–H and O–H groups in total. The first-order valence-corrected chi connectivity index (χ1v) is 28.3. The number of carbonyl (C=O) groups is 3. The summed E-state index contributed by atoms with van der Waals surface area (Å²) in [7, 11) is 0. The molecular formula is C60H106O6. The van der Waals surface area contributed by atoms with E-state index >= 15 is 0 Å². The van der Waals surface area contributed by atoms with Crippen LogP contribution in [0.1, 0.15) is 284 Å². The van der Waals surface area contributed by atoms with Gasteiger partial charge in [0, 0.05) is 19.3 Å². The van der Waals surface area contributed by atoms with Crippen molar-refractivity contribution in [2.24, 2.45) is 0 Å². The molecule has 0 heterocycles.